The van der Waals surface area contributed by atoms with Gasteiger partial charge in [-0.15, -0.1) is 0 Å². The molecule has 0 aromatic carbocycles. The maximum Gasteiger partial charge on any atom is 0.223 e. The number of ether oxygens (including phenoxy) is 1. The number of amides is 1. The predicted molar refractivity (Wildman–Crippen MR) is 62.2 cm³/mol. The molecule has 4 heteroatoms. The van der Waals surface area contributed by atoms with Gasteiger partial charge < -0.3 is 15.0 Å². The van der Waals surface area contributed by atoms with Gasteiger partial charge in [-0.1, -0.05) is 12.8 Å². The molecule has 1 N–H and O–H groups in total. The summed E-state index contributed by atoms with van der Waals surface area (Å²) in [6, 6.07) is 0. The second-order valence-electron chi connectivity index (χ2n) is 4.98. The molecule has 2 rings (SSSR count). The number of rotatable bonds is 3. The molecule has 1 aliphatic heterocycles. The molecule has 1 atom stereocenters. The van der Waals surface area contributed by atoms with Gasteiger partial charge in [0.15, 0.2) is 0 Å². The van der Waals surface area contributed by atoms with Gasteiger partial charge in [0.1, 0.15) is 0 Å². The van der Waals surface area contributed by atoms with E-state index in [0.29, 0.717) is 6.54 Å². The minimum atomic E-state index is 0.170. The lowest BCUT2D eigenvalue weighted by atomic mass is 10.1. The molecule has 16 heavy (non-hydrogen) atoms. The fourth-order valence-corrected chi connectivity index (χ4v) is 2.54. The topological polar surface area (TPSA) is 41.6 Å². The summed E-state index contributed by atoms with van der Waals surface area (Å²) in [5.41, 5.74) is 0. The van der Waals surface area contributed by atoms with Crippen LogP contribution >= 0.6 is 0 Å². The number of nitrogens with zero attached hydrogens (tertiary/aromatic N) is 1. The zero-order chi connectivity index (χ0) is 11.4. The molecule has 0 radical (unpaired) electrons. The second-order valence-corrected chi connectivity index (χ2v) is 4.98. The average molecular weight is 226 g/mol. The van der Waals surface area contributed by atoms with Gasteiger partial charge in [-0.25, -0.2) is 0 Å². The summed E-state index contributed by atoms with van der Waals surface area (Å²) in [6.45, 7) is 3.36. The van der Waals surface area contributed by atoms with Gasteiger partial charge >= 0.3 is 0 Å². The van der Waals surface area contributed by atoms with Crippen LogP contribution in [0.1, 0.15) is 25.7 Å². The molecule has 1 aliphatic carbocycles. The van der Waals surface area contributed by atoms with Gasteiger partial charge in [-0.2, -0.15) is 0 Å². The van der Waals surface area contributed by atoms with E-state index in [-0.39, 0.29) is 17.9 Å². The Morgan fingerprint density at radius 1 is 1.44 bits per heavy atom. The lowest BCUT2D eigenvalue weighted by Gasteiger charge is -2.30. The number of hydrogen-bond acceptors (Lipinski definition) is 3. The van der Waals surface area contributed by atoms with Crippen LogP contribution in [0.5, 0.6) is 0 Å². The molecule has 1 amide bonds. The van der Waals surface area contributed by atoms with Crippen molar-refractivity contribution in [1.82, 2.24) is 10.2 Å². The molecule has 1 unspecified atom stereocenters. The predicted octanol–water partition coefficient (Wildman–Crippen LogP) is 0.623. The van der Waals surface area contributed by atoms with Gasteiger partial charge in [0.05, 0.1) is 12.7 Å². The summed E-state index contributed by atoms with van der Waals surface area (Å²) >= 11 is 0. The van der Waals surface area contributed by atoms with E-state index in [9.17, 15) is 4.79 Å². The van der Waals surface area contributed by atoms with Crippen molar-refractivity contribution in [3.05, 3.63) is 0 Å². The van der Waals surface area contributed by atoms with E-state index in [4.69, 9.17) is 4.74 Å². The highest BCUT2D eigenvalue weighted by Gasteiger charge is 2.24. The Hall–Kier alpha value is -0.610. The summed E-state index contributed by atoms with van der Waals surface area (Å²) in [6.07, 6.45) is 4.72. The van der Waals surface area contributed by atoms with Gasteiger partial charge in [0.2, 0.25) is 5.91 Å². The fraction of sp³-hybridized carbons (Fsp3) is 0.917. The van der Waals surface area contributed by atoms with Crippen LogP contribution in [0, 0.1) is 5.92 Å². The minimum Gasteiger partial charge on any atom is -0.374 e. The first-order valence-electron chi connectivity index (χ1n) is 6.33. The highest BCUT2D eigenvalue weighted by Crippen LogP contribution is 2.24. The highest BCUT2D eigenvalue weighted by molar-refractivity contribution is 5.78. The zero-order valence-corrected chi connectivity index (χ0v) is 10.1. The fourth-order valence-electron chi connectivity index (χ4n) is 2.54. The lowest BCUT2D eigenvalue weighted by Crippen LogP contribution is -2.46. The molecule has 0 aromatic rings. The summed E-state index contributed by atoms with van der Waals surface area (Å²) in [4.78, 5) is 14.0. The van der Waals surface area contributed by atoms with Crippen LogP contribution in [0.15, 0.2) is 0 Å². The smallest absolute Gasteiger partial charge is 0.223 e. The number of morpholine rings is 1. The van der Waals surface area contributed by atoms with E-state index < -0.39 is 0 Å². The van der Waals surface area contributed by atoms with E-state index >= 15 is 0 Å². The number of likely N-dealkylation sites (N-methyl/N-ethyl adjacent to an activating group) is 1. The number of nitrogens with one attached hydrogen (secondary N) is 1. The van der Waals surface area contributed by atoms with Crippen LogP contribution in [-0.2, 0) is 9.53 Å². The minimum absolute atomic E-state index is 0.170. The average Bonchev–Trinajstić information content (AvgIpc) is 2.79. The van der Waals surface area contributed by atoms with Gasteiger partial charge in [0, 0.05) is 25.6 Å². The molecule has 1 saturated heterocycles. The van der Waals surface area contributed by atoms with Crippen molar-refractivity contribution in [2.75, 3.05) is 33.3 Å². The number of hydrogen-bond donors (Lipinski definition) is 1. The summed E-state index contributed by atoms with van der Waals surface area (Å²) in [5, 5.41) is 3.02. The quantitative estimate of drug-likeness (QED) is 0.767. The van der Waals surface area contributed by atoms with Crippen LogP contribution in [0.25, 0.3) is 0 Å². The van der Waals surface area contributed by atoms with E-state index in [1.165, 1.54) is 12.8 Å². The Kier molecular flexibility index (Phi) is 4.18. The van der Waals surface area contributed by atoms with Crippen LogP contribution in [0.4, 0.5) is 0 Å². The van der Waals surface area contributed by atoms with Crippen LogP contribution in [-0.4, -0.2) is 50.2 Å². The first kappa shape index (κ1) is 11.9. The van der Waals surface area contributed by atoms with E-state index in [1.54, 1.807) is 0 Å². The van der Waals surface area contributed by atoms with Gasteiger partial charge in [0.25, 0.3) is 0 Å². The van der Waals surface area contributed by atoms with Crippen LogP contribution in [0.3, 0.4) is 0 Å². The monoisotopic (exact) mass is 226 g/mol. The van der Waals surface area contributed by atoms with Crippen molar-refractivity contribution in [3.63, 3.8) is 0 Å². The molecule has 0 bridgehead atoms. The molecule has 1 saturated carbocycles. The van der Waals surface area contributed by atoms with Crippen molar-refractivity contribution < 1.29 is 9.53 Å². The maximum absolute atomic E-state index is 11.8. The molecule has 1 heterocycles. The Balaban J connectivity index is 1.67. The normalized spacial score (nSPS) is 28.2. The van der Waals surface area contributed by atoms with E-state index in [1.807, 2.05) is 0 Å². The van der Waals surface area contributed by atoms with Crippen molar-refractivity contribution in [2.24, 2.45) is 5.92 Å². The maximum atomic E-state index is 11.8. The van der Waals surface area contributed by atoms with Crippen LogP contribution in [0.2, 0.25) is 0 Å². The standard InChI is InChI=1S/C12H22N2O2/c1-14-6-7-16-11(9-14)8-13-12(15)10-4-2-3-5-10/h10-11H,2-9H2,1H3,(H,13,15). The molecule has 92 valence electrons. The van der Waals surface area contributed by atoms with Crippen LogP contribution < -0.4 is 5.32 Å². The Bertz CT molecular complexity index is 239. The molecule has 2 aliphatic rings. The lowest BCUT2D eigenvalue weighted by molar-refractivity contribution is -0.125. The third kappa shape index (κ3) is 3.19. The second kappa shape index (κ2) is 5.64. The zero-order valence-electron chi connectivity index (χ0n) is 10.1. The van der Waals surface area contributed by atoms with E-state index in [0.717, 1.165) is 32.5 Å². The van der Waals surface area contributed by atoms with Crippen molar-refractivity contribution in [3.8, 4) is 0 Å². The first-order chi connectivity index (χ1) is 7.75. The summed E-state index contributed by atoms with van der Waals surface area (Å²) < 4.78 is 5.61. The SMILES string of the molecule is CN1CCOC(CNC(=O)C2CCCC2)C1. The van der Waals surface area contributed by atoms with Crippen molar-refractivity contribution in [1.29, 1.82) is 0 Å². The Morgan fingerprint density at radius 3 is 2.88 bits per heavy atom. The molecule has 0 spiro atoms. The Morgan fingerprint density at radius 2 is 2.19 bits per heavy atom. The van der Waals surface area contributed by atoms with Gasteiger partial charge in [-0.3, -0.25) is 4.79 Å². The summed E-state index contributed by atoms with van der Waals surface area (Å²) in [5.74, 6) is 0.496. The third-order valence-corrected chi connectivity index (χ3v) is 3.57. The van der Waals surface area contributed by atoms with E-state index in [2.05, 4.69) is 17.3 Å². The van der Waals surface area contributed by atoms with Gasteiger partial charge in [-0.05, 0) is 19.9 Å². The first-order valence-corrected chi connectivity index (χ1v) is 6.33. The molecular weight excluding hydrogens is 204 g/mol. The number of carbonyl (C=O) groups is 1. The summed E-state index contributed by atoms with van der Waals surface area (Å²) in [7, 11) is 2.09. The molecule has 4 nitrogen and oxygen atoms in total. The molecule has 2 fully saturated rings. The number of carbonyl (C=O) groups excluding carboxylic acids is 1. The molecular formula is C12H22N2O2. The third-order valence-electron chi connectivity index (χ3n) is 3.57. The highest BCUT2D eigenvalue weighted by atomic mass is 16.5. The van der Waals surface area contributed by atoms with Crippen molar-refractivity contribution in [2.45, 2.75) is 31.8 Å². The van der Waals surface area contributed by atoms with Crippen molar-refractivity contribution >= 4 is 5.91 Å². The largest absolute Gasteiger partial charge is 0.374 e. The Labute approximate surface area is 97.3 Å². The molecule has 0 aromatic heterocycles.